The lowest BCUT2D eigenvalue weighted by Crippen LogP contribution is -2.43. The van der Waals surface area contributed by atoms with Crippen molar-refractivity contribution in [1.82, 2.24) is 5.32 Å². The molecule has 0 radical (unpaired) electrons. The summed E-state index contributed by atoms with van der Waals surface area (Å²) in [5.41, 5.74) is 1.15. The third-order valence-corrected chi connectivity index (χ3v) is 4.66. The first-order chi connectivity index (χ1) is 12.0. The monoisotopic (exact) mass is 368 g/mol. The van der Waals surface area contributed by atoms with Crippen molar-refractivity contribution < 1.29 is 23.1 Å². The van der Waals surface area contributed by atoms with Crippen LogP contribution in [0, 0.1) is 11.3 Å². The van der Waals surface area contributed by atoms with Gasteiger partial charge in [-0.3, -0.25) is 4.79 Å². The van der Waals surface area contributed by atoms with Crippen LogP contribution in [0.5, 0.6) is 0 Å². The second-order valence-corrected chi connectivity index (χ2v) is 6.41. The summed E-state index contributed by atoms with van der Waals surface area (Å²) in [6, 6.07) is 10.8. The van der Waals surface area contributed by atoms with Crippen LogP contribution >= 0.6 is 11.3 Å². The molecule has 0 aliphatic rings. The third kappa shape index (κ3) is 4.81. The highest BCUT2D eigenvalue weighted by atomic mass is 32.1. The zero-order valence-corrected chi connectivity index (χ0v) is 13.8. The second kappa shape index (κ2) is 8.65. The lowest BCUT2D eigenvalue weighted by Gasteiger charge is -2.21. The van der Waals surface area contributed by atoms with Gasteiger partial charge in [-0.1, -0.05) is 24.3 Å². The standard InChI is InChI=1S/C17H15F3N2O2S/c18-9-13(22-17(24)16(19)20)15(23)11-3-1-10(2-4-11)14-6-5-12(25-14)7-8-21/h1-6,13,15-16,23H,7,9H2,(H,22,24)/t13-,15+/m1/s1. The van der Waals surface area contributed by atoms with E-state index in [0.717, 1.165) is 15.3 Å². The van der Waals surface area contributed by atoms with Crippen molar-refractivity contribution in [2.24, 2.45) is 0 Å². The Bertz CT molecular complexity index is 756. The number of hydrogen-bond acceptors (Lipinski definition) is 4. The quantitative estimate of drug-likeness (QED) is 0.788. The number of halogens is 3. The molecule has 2 aromatic rings. The molecule has 0 saturated carbocycles. The van der Waals surface area contributed by atoms with E-state index in [9.17, 15) is 23.1 Å². The Labute approximate surface area is 146 Å². The molecule has 1 aromatic carbocycles. The van der Waals surface area contributed by atoms with Crippen molar-refractivity contribution in [2.75, 3.05) is 6.67 Å². The first-order valence-electron chi connectivity index (χ1n) is 7.34. The summed E-state index contributed by atoms with van der Waals surface area (Å²) in [6.07, 6.45) is -4.40. The molecule has 2 N–H and O–H groups in total. The van der Waals surface area contributed by atoms with Crippen LogP contribution in [0.3, 0.4) is 0 Å². The number of carbonyl (C=O) groups is 1. The van der Waals surface area contributed by atoms with Crippen LogP contribution in [0.1, 0.15) is 16.5 Å². The van der Waals surface area contributed by atoms with Gasteiger partial charge in [0, 0.05) is 9.75 Å². The highest BCUT2D eigenvalue weighted by Crippen LogP contribution is 2.29. The molecule has 0 saturated heterocycles. The molecular formula is C17H15F3N2O2S. The van der Waals surface area contributed by atoms with Gasteiger partial charge in [-0.15, -0.1) is 11.3 Å². The van der Waals surface area contributed by atoms with Gasteiger partial charge in [-0.25, -0.2) is 4.39 Å². The van der Waals surface area contributed by atoms with Gasteiger partial charge in [0.15, 0.2) is 0 Å². The second-order valence-electron chi connectivity index (χ2n) is 5.24. The van der Waals surface area contributed by atoms with Crippen molar-refractivity contribution in [3.63, 3.8) is 0 Å². The molecule has 0 bridgehead atoms. The van der Waals surface area contributed by atoms with Crippen LogP contribution in [0.4, 0.5) is 13.2 Å². The van der Waals surface area contributed by atoms with Gasteiger partial charge in [-0.05, 0) is 23.3 Å². The van der Waals surface area contributed by atoms with E-state index in [4.69, 9.17) is 5.26 Å². The third-order valence-electron chi connectivity index (χ3n) is 3.52. The topological polar surface area (TPSA) is 73.1 Å². The zero-order valence-electron chi connectivity index (χ0n) is 13.0. The van der Waals surface area contributed by atoms with Crippen LogP contribution in [0.25, 0.3) is 10.4 Å². The molecule has 0 spiro atoms. The van der Waals surface area contributed by atoms with Gasteiger partial charge < -0.3 is 10.4 Å². The normalized spacial score (nSPS) is 13.3. The molecule has 1 amide bonds. The van der Waals surface area contributed by atoms with E-state index < -0.39 is 31.2 Å². The van der Waals surface area contributed by atoms with E-state index in [-0.39, 0.29) is 0 Å². The van der Waals surface area contributed by atoms with Gasteiger partial charge >= 0.3 is 6.43 Å². The van der Waals surface area contributed by atoms with Gasteiger partial charge in [0.2, 0.25) is 0 Å². The minimum atomic E-state index is -3.27. The first-order valence-corrected chi connectivity index (χ1v) is 8.16. The fourth-order valence-corrected chi connectivity index (χ4v) is 3.18. The van der Waals surface area contributed by atoms with Gasteiger partial charge in [0.1, 0.15) is 12.8 Å². The maximum absolute atomic E-state index is 13.0. The van der Waals surface area contributed by atoms with Crippen LogP contribution in [0.15, 0.2) is 36.4 Å². The average Bonchev–Trinajstić information content (AvgIpc) is 3.08. The number of hydrogen-bond donors (Lipinski definition) is 2. The predicted octanol–water partition coefficient (Wildman–Crippen LogP) is 3.23. The van der Waals surface area contributed by atoms with E-state index in [1.165, 1.54) is 11.3 Å². The molecule has 4 nitrogen and oxygen atoms in total. The molecule has 25 heavy (non-hydrogen) atoms. The van der Waals surface area contributed by atoms with Crippen LogP contribution in [-0.4, -0.2) is 30.2 Å². The summed E-state index contributed by atoms with van der Waals surface area (Å²) in [4.78, 5) is 12.8. The summed E-state index contributed by atoms with van der Waals surface area (Å²) < 4.78 is 37.5. The van der Waals surface area contributed by atoms with Crippen molar-refractivity contribution in [2.45, 2.75) is 25.0 Å². The molecule has 1 aromatic heterocycles. The number of amides is 1. The summed E-state index contributed by atoms with van der Waals surface area (Å²) in [5.74, 6) is -1.62. The van der Waals surface area contributed by atoms with Crippen LogP contribution in [0.2, 0.25) is 0 Å². The fourth-order valence-electron chi connectivity index (χ4n) is 2.23. The average molecular weight is 368 g/mol. The number of thiophene rings is 1. The SMILES string of the molecule is N#CCc1ccc(-c2ccc([C@H](O)[C@@H](CF)NC(=O)C(F)F)cc2)s1. The lowest BCUT2D eigenvalue weighted by atomic mass is 10.0. The summed E-state index contributed by atoms with van der Waals surface area (Å²) in [5, 5.41) is 20.6. The van der Waals surface area contributed by atoms with Crippen molar-refractivity contribution in [1.29, 1.82) is 5.26 Å². The smallest absolute Gasteiger partial charge is 0.315 e. The number of aliphatic hydroxyl groups is 1. The molecule has 2 atom stereocenters. The highest BCUT2D eigenvalue weighted by molar-refractivity contribution is 7.15. The first kappa shape index (κ1) is 19.0. The number of nitriles is 1. The minimum absolute atomic E-state index is 0.301. The Morgan fingerprint density at radius 2 is 1.92 bits per heavy atom. The summed E-state index contributed by atoms with van der Waals surface area (Å²) >= 11 is 1.46. The van der Waals surface area contributed by atoms with E-state index in [1.54, 1.807) is 29.6 Å². The lowest BCUT2D eigenvalue weighted by molar-refractivity contribution is -0.133. The Morgan fingerprint density at radius 3 is 2.48 bits per heavy atom. The van der Waals surface area contributed by atoms with Crippen LogP contribution in [-0.2, 0) is 11.2 Å². The van der Waals surface area contributed by atoms with E-state index in [0.29, 0.717) is 12.0 Å². The number of benzene rings is 1. The van der Waals surface area contributed by atoms with Gasteiger partial charge in [0.25, 0.3) is 5.91 Å². The Balaban J connectivity index is 2.11. The molecular weight excluding hydrogens is 353 g/mol. The Kier molecular flexibility index (Phi) is 6.56. The summed E-state index contributed by atoms with van der Waals surface area (Å²) in [7, 11) is 0. The van der Waals surface area contributed by atoms with Crippen molar-refractivity contribution in [3.05, 3.63) is 46.8 Å². The van der Waals surface area contributed by atoms with Gasteiger partial charge in [0.05, 0.1) is 18.5 Å². The maximum atomic E-state index is 13.0. The van der Waals surface area contributed by atoms with Crippen molar-refractivity contribution in [3.8, 4) is 16.5 Å². The minimum Gasteiger partial charge on any atom is -0.386 e. The fraction of sp³-hybridized carbons (Fsp3) is 0.294. The molecule has 1 heterocycles. The molecule has 0 fully saturated rings. The number of alkyl halides is 3. The van der Waals surface area contributed by atoms with E-state index >= 15 is 0 Å². The number of aliphatic hydroxyl groups excluding tert-OH is 1. The number of nitrogens with zero attached hydrogens (tertiary/aromatic N) is 1. The predicted molar refractivity (Wildman–Crippen MR) is 87.9 cm³/mol. The molecule has 0 aliphatic carbocycles. The maximum Gasteiger partial charge on any atom is 0.315 e. The molecule has 132 valence electrons. The molecule has 8 heteroatoms. The Hall–Kier alpha value is -2.37. The molecule has 2 rings (SSSR count). The largest absolute Gasteiger partial charge is 0.386 e. The highest BCUT2D eigenvalue weighted by Gasteiger charge is 2.26. The number of nitrogens with one attached hydrogen (secondary N) is 1. The van der Waals surface area contributed by atoms with Gasteiger partial charge in [-0.2, -0.15) is 14.0 Å². The Morgan fingerprint density at radius 1 is 1.24 bits per heavy atom. The molecule has 0 unspecified atom stereocenters. The number of carbonyl (C=O) groups excluding carboxylic acids is 1. The number of rotatable bonds is 7. The van der Waals surface area contributed by atoms with Crippen molar-refractivity contribution >= 4 is 17.2 Å². The van der Waals surface area contributed by atoms with Crippen LogP contribution < -0.4 is 5.32 Å². The summed E-state index contributed by atoms with van der Waals surface area (Å²) in [6.45, 7) is -1.18. The van der Waals surface area contributed by atoms with E-state index in [1.807, 2.05) is 12.1 Å². The molecule has 0 aliphatic heterocycles. The van der Waals surface area contributed by atoms with E-state index in [2.05, 4.69) is 6.07 Å². The zero-order chi connectivity index (χ0) is 18.4.